The van der Waals surface area contributed by atoms with Crippen LogP contribution in [0.4, 0.5) is 0 Å². The standard InChI is InChI=1S/C18H12N2.C16H10N2S2/c1-3-7-15-11(5-1)13-9-14-12-6-2-4-8-16(12)20-18(14)10-17(13)19-15;1-9(7-17)13-11-3-5-20-16(11)14(10(2)8-18)12-4-6-19-15(12)13/h1-10,19-20H;3-6H,1-2H3. The van der Waals surface area contributed by atoms with Crippen LogP contribution in [0.2, 0.25) is 0 Å². The Morgan fingerprint density at radius 2 is 1.00 bits per heavy atom. The topological polar surface area (TPSA) is 79.2 Å². The molecule has 4 heterocycles. The number of benzene rings is 4. The normalized spacial score (nSPS) is 13.0. The van der Waals surface area contributed by atoms with Crippen molar-refractivity contribution in [2.45, 2.75) is 13.8 Å². The van der Waals surface area contributed by atoms with Gasteiger partial charge in [-0.3, -0.25) is 0 Å². The summed E-state index contributed by atoms with van der Waals surface area (Å²) in [5.74, 6) is 0. The molecule has 0 unspecified atom stereocenters. The first kappa shape index (κ1) is 24.2. The molecule has 0 bridgehead atoms. The average molecular weight is 551 g/mol. The van der Waals surface area contributed by atoms with E-state index in [1.807, 2.05) is 36.7 Å². The van der Waals surface area contributed by atoms with Crippen LogP contribution in [0.1, 0.15) is 13.8 Å². The van der Waals surface area contributed by atoms with Gasteiger partial charge in [-0.05, 0) is 61.0 Å². The molecule has 0 saturated carbocycles. The lowest BCUT2D eigenvalue weighted by molar-refractivity contribution is 1.51. The third kappa shape index (κ3) is 3.62. The molecule has 0 atom stereocenters. The number of hydrogen-bond acceptors (Lipinski definition) is 4. The molecule has 0 radical (unpaired) electrons. The van der Waals surface area contributed by atoms with Gasteiger partial charge >= 0.3 is 0 Å². The van der Waals surface area contributed by atoms with E-state index in [9.17, 15) is 10.5 Å². The van der Waals surface area contributed by atoms with Crippen LogP contribution < -0.4 is 10.4 Å². The van der Waals surface area contributed by atoms with E-state index >= 15 is 0 Å². The van der Waals surface area contributed by atoms with Crippen molar-refractivity contribution in [1.29, 1.82) is 10.5 Å². The molecule has 0 aliphatic carbocycles. The van der Waals surface area contributed by atoms with Gasteiger partial charge < -0.3 is 9.97 Å². The van der Waals surface area contributed by atoms with E-state index in [0.29, 0.717) is 0 Å². The first-order valence-electron chi connectivity index (χ1n) is 12.9. The fraction of sp³-hybridized carbons (Fsp3) is 0.0588. The number of nitrogens with one attached hydrogen (secondary N) is 2. The maximum Gasteiger partial charge on any atom is 0.0951 e. The van der Waals surface area contributed by atoms with Crippen LogP contribution in [0.25, 0.3) is 74.9 Å². The highest BCUT2D eigenvalue weighted by atomic mass is 32.1. The summed E-state index contributed by atoms with van der Waals surface area (Å²) < 4.78 is 2.19. The molecule has 0 amide bonds. The van der Waals surface area contributed by atoms with Gasteiger partial charge in [-0.2, -0.15) is 10.5 Å². The summed E-state index contributed by atoms with van der Waals surface area (Å²) >= 11 is 3.26. The highest BCUT2D eigenvalue weighted by Crippen LogP contribution is 2.33. The Bertz CT molecular complexity index is 2260. The number of rotatable bonds is 0. The van der Waals surface area contributed by atoms with Gasteiger partial charge in [0.05, 0.1) is 12.1 Å². The van der Waals surface area contributed by atoms with Crippen LogP contribution in [0.5, 0.6) is 0 Å². The molecule has 4 nitrogen and oxygen atoms in total. The lowest BCUT2D eigenvalue weighted by atomic mass is 10.0. The Balaban J connectivity index is 0.000000132. The SMILES string of the molecule is CC(C#N)=c1c2ccsc2c(=C(C)C#N)c2ccsc12.c1ccc2c(c1)[nH]c1cc3[nH]c4ccccc4c3cc12. The van der Waals surface area contributed by atoms with Crippen molar-refractivity contribution in [3.05, 3.63) is 94.0 Å². The predicted molar refractivity (Wildman–Crippen MR) is 171 cm³/mol. The lowest BCUT2D eigenvalue weighted by Crippen LogP contribution is -2.14. The van der Waals surface area contributed by atoms with Gasteiger partial charge in [0.1, 0.15) is 0 Å². The fourth-order valence-electron chi connectivity index (χ4n) is 5.70. The molecular formula is C34H22N4S2. The molecule has 190 valence electrons. The molecule has 4 aromatic carbocycles. The van der Waals surface area contributed by atoms with Crippen molar-refractivity contribution in [2.24, 2.45) is 0 Å². The number of H-pyrrole nitrogens is 2. The van der Waals surface area contributed by atoms with Crippen molar-refractivity contribution in [1.82, 2.24) is 9.97 Å². The Morgan fingerprint density at radius 1 is 0.550 bits per heavy atom. The number of hydrogen-bond donors (Lipinski definition) is 2. The van der Waals surface area contributed by atoms with Gasteiger partial charge in [0.2, 0.25) is 0 Å². The molecule has 8 rings (SSSR count). The Labute approximate surface area is 237 Å². The van der Waals surface area contributed by atoms with Crippen LogP contribution in [0.3, 0.4) is 0 Å². The highest BCUT2D eigenvalue weighted by molar-refractivity contribution is 7.18. The maximum atomic E-state index is 9.27. The maximum absolute atomic E-state index is 9.27. The number of thiophene rings is 2. The molecular weight excluding hydrogens is 529 g/mol. The zero-order chi connectivity index (χ0) is 27.4. The summed E-state index contributed by atoms with van der Waals surface area (Å²) in [6, 6.07) is 30.1. The number of para-hydroxylation sites is 2. The van der Waals surface area contributed by atoms with Crippen LogP contribution in [0, 0.1) is 22.7 Å². The quantitative estimate of drug-likeness (QED) is 0.199. The minimum absolute atomic E-state index is 0.724. The van der Waals surface area contributed by atoms with Crippen LogP contribution >= 0.6 is 22.7 Å². The molecule has 40 heavy (non-hydrogen) atoms. The first-order chi connectivity index (χ1) is 19.6. The number of aromatic nitrogens is 2. The van der Waals surface area contributed by atoms with Gasteiger partial charge in [-0.15, -0.1) is 22.7 Å². The molecule has 0 aliphatic heterocycles. The van der Waals surface area contributed by atoms with E-state index in [1.165, 1.54) is 43.6 Å². The van der Waals surface area contributed by atoms with Crippen molar-refractivity contribution < 1.29 is 0 Å². The summed E-state index contributed by atoms with van der Waals surface area (Å²) in [4.78, 5) is 6.99. The van der Waals surface area contributed by atoms with E-state index in [-0.39, 0.29) is 0 Å². The summed E-state index contributed by atoms with van der Waals surface area (Å²) in [6.45, 7) is 3.71. The van der Waals surface area contributed by atoms with Gasteiger partial charge in [-0.25, -0.2) is 0 Å². The first-order valence-corrected chi connectivity index (χ1v) is 14.6. The number of aromatic amines is 2. The average Bonchev–Trinajstić information content (AvgIpc) is 3.78. The van der Waals surface area contributed by atoms with Gasteiger partial charge in [0, 0.05) is 85.4 Å². The number of nitriles is 2. The summed E-state index contributed by atoms with van der Waals surface area (Å²) in [5, 5.41) is 31.9. The van der Waals surface area contributed by atoms with Crippen LogP contribution in [-0.4, -0.2) is 9.97 Å². The Hall–Kier alpha value is -4.88. The third-order valence-corrected chi connectivity index (χ3v) is 9.40. The monoisotopic (exact) mass is 550 g/mol. The second kappa shape index (κ2) is 9.39. The Kier molecular flexibility index (Phi) is 5.68. The van der Waals surface area contributed by atoms with Crippen molar-refractivity contribution in [2.75, 3.05) is 0 Å². The summed E-state index contributed by atoms with van der Waals surface area (Å²) in [6.07, 6.45) is 0. The van der Waals surface area contributed by atoms with Gasteiger partial charge in [-0.1, -0.05) is 36.4 Å². The van der Waals surface area contributed by atoms with Crippen molar-refractivity contribution in [3.63, 3.8) is 0 Å². The molecule has 0 fully saturated rings. The zero-order valence-corrected chi connectivity index (χ0v) is 23.4. The summed E-state index contributed by atoms with van der Waals surface area (Å²) in [5.41, 5.74) is 6.21. The predicted octanol–water partition coefficient (Wildman–Crippen LogP) is 8.46. The van der Waals surface area contributed by atoms with Crippen molar-refractivity contribution >= 4 is 97.6 Å². The second-order valence-electron chi connectivity index (χ2n) is 9.83. The van der Waals surface area contributed by atoms with Crippen molar-refractivity contribution in [3.8, 4) is 12.1 Å². The van der Waals surface area contributed by atoms with E-state index < -0.39 is 0 Å². The van der Waals surface area contributed by atoms with Crippen LogP contribution in [-0.2, 0) is 0 Å². The minimum Gasteiger partial charge on any atom is -0.354 e. The minimum atomic E-state index is 0.724. The zero-order valence-electron chi connectivity index (χ0n) is 21.8. The summed E-state index contributed by atoms with van der Waals surface area (Å²) in [7, 11) is 0. The smallest absolute Gasteiger partial charge is 0.0951 e. The number of nitrogens with zero attached hydrogens (tertiary/aromatic N) is 2. The largest absolute Gasteiger partial charge is 0.354 e. The highest BCUT2D eigenvalue weighted by Gasteiger charge is 2.12. The molecule has 0 aliphatic rings. The van der Waals surface area contributed by atoms with E-state index in [4.69, 9.17) is 0 Å². The number of fused-ring (bicyclic) bond motifs is 8. The van der Waals surface area contributed by atoms with E-state index in [1.54, 1.807) is 22.7 Å². The van der Waals surface area contributed by atoms with E-state index in [0.717, 1.165) is 41.8 Å². The molecule has 2 N–H and O–H groups in total. The Morgan fingerprint density at radius 3 is 1.45 bits per heavy atom. The molecule has 8 aromatic rings. The van der Waals surface area contributed by atoms with Crippen LogP contribution in [0.15, 0.2) is 83.6 Å². The lowest BCUT2D eigenvalue weighted by Gasteiger charge is -2.01. The molecule has 6 heteroatoms. The molecule has 4 aromatic heterocycles. The van der Waals surface area contributed by atoms with Gasteiger partial charge in [0.25, 0.3) is 0 Å². The second-order valence-corrected chi connectivity index (χ2v) is 11.7. The van der Waals surface area contributed by atoms with Gasteiger partial charge in [0.15, 0.2) is 0 Å². The molecule has 0 saturated heterocycles. The molecule has 0 spiro atoms. The fourth-order valence-corrected chi connectivity index (χ4v) is 7.73. The van der Waals surface area contributed by atoms with E-state index in [2.05, 4.69) is 82.8 Å². The third-order valence-electron chi connectivity index (χ3n) is 7.54.